The quantitative estimate of drug-likeness (QED) is 0.716. The minimum Gasteiger partial charge on any atom is -0.408 e. The van der Waals surface area contributed by atoms with E-state index in [1.165, 1.54) is 6.07 Å². The summed E-state index contributed by atoms with van der Waals surface area (Å²) in [6.07, 6.45) is 5.38. The fourth-order valence-corrected chi connectivity index (χ4v) is 4.58. The highest BCUT2D eigenvalue weighted by Crippen LogP contribution is 2.41. The van der Waals surface area contributed by atoms with Crippen molar-refractivity contribution in [3.05, 3.63) is 46.5 Å². The van der Waals surface area contributed by atoms with E-state index in [1.807, 2.05) is 11.6 Å². The van der Waals surface area contributed by atoms with E-state index in [4.69, 9.17) is 4.42 Å². The molecule has 25 heavy (non-hydrogen) atoms. The first-order valence-electron chi connectivity index (χ1n) is 7.98. The number of sulfonamides is 1. The molecule has 0 bridgehead atoms. The van der Waals surface area contributed by atoms with E-state index >= 15 is 0 Å². The van der Waals surface area contributed by atoms with Crippen molar-refractivity contribution in [1.29, 1.82) is 0 Å². The number of rotatable bonds is 5. The molecular formula is C16H18N4O4S. The first kappa shape index (κ1) is 16.1. The van der Waals surface area contributed by atoms with Gasteiger partial charge in [0.25, 0.3) is 0 Å². The van der Waals surface area contributed by atoms with Gasteiger partial charge in [-0.1, -0.05) is 0 Å². The maximum Gasteiger partial charge on any atom is 0.417 e. The number of nitrogens with zero attached hydrogens (tertiary/aromatic N) is 2. The van der Waals surface area contributed by atoms with Gasteiger partial charge in [0, 0.05) is 25.5 Å². The third-order valence-electron chi connectivity index (χ3n) is 4.52. The Morgan fingerprint density at radius 3 is 2.80 bits per heavy atom. The lowest BCUT2D eigenvalue weighted by Crippen LogP contribution is -2.32. The lowest BCUT2D eigenvalue weighted by atomic mass is 10.2. The van der Waals surface area contributed by atoms with E-state index in [9.17, 15) is 13.2 Å². The summed E-state index contributed by atoms with van der Waals surface area (Å²) in [6, 6.07) is 2.60. The molecule has 1 saturated carbocycles. The largest absolute Gasteiger partial charge is 0.417 e. The summed E-state index contributed by atoms with van der Waals surface area (Å²) in [4.78, 5) is 18.3. The van der Waals surface area contributed by atoms with Crippen LogP contribution in [0.1, 0.15) is 30.3 Å². The highest BCUT2D eigenvalue weighted by atomic mass is 32.2. The predicted molar refractivity (Wildman–Crippen MR) is 90.6 cm³/mol. The van der Waals surface area contributed by atoms with E-state index in [0.29, 0.717) is 16.9 Å². The van der Waals surface area contributed by atoms with Crippen molar-refractivity contribution in [3.8, 4) is 0 Å². The zero-order chi connectivity index (χ0) is 17.8. The molecule has 8 nitrogen and oxygen atoms in total. The number of nitrogens with one attached hydrogen (secondary N) is 2. The van der Waals surface area contributed by atoms with Gasteiger partial charge in [0.15, 0.2) is 5.58 Å². The van der Waals surface area contributed by atoms with Crippen LogP contribution < -0.4 is 10.5 Å². The molecule has 9 heteroatoms. The van der Waals surface area contributed by atoms with Gasteiger partial charge in [0.05, 0.1) is 16.5 Å². The highest BCUT2D eigenvalue weighted by molar-refractivity contribution is 7.89. The third-order valence-corrected chi connectivity index (χ3v) is 6.10. The molecule has 2 N–H and O–H groups in total. The number of hydrogen-bond acceptors (Lipinski definition) is 5. The third kappa shape index (κ3) is 2.89. The first-order valence-corrected chi connectivity index (χ1v) is 9.46. The molecule has 0 saturated heterocycles. The van der Waals surface area contributed by atoms with E-state index in [1.54, 1.807) is 25.4 Å². The number of hydrogen-bond donors (Lipinski definition) is 2. The van der Waals surface area contributed by atoms with Gasteiger partial charge < -0.3 is 8.98 Å². The highest BCUT2D eigenvalue weighted by Gasteiger charge is 2.38. The minimum absolute atomic E-state index is 0.0996. The zero-order valence-electron chi connectivity index (χ0n) is 13.8. The molecule has 1 aliphatic rings. The van der Waals surface area contributed by atoms with Gasteiger partial charge >= 0.3 is 5.76 Å². The molecular weight excluding hydrogens is 344 g/mol. The van der Waals surface area contributed by atoms with Crippen molar-refractivity contribution in [2.45, 2.75) is 30.7 Å². The second-order valence-corrected chi connectivity index (χ2v) is 8.14. The average molecular weight is 362 g/mol. The molecule has 1 atom stereocenters. The van der Waals surface area contributed by atoms with Gasteiger partial charge in [-0.25, -0.2) is 22.9 Å². The maximum atomic E-state index is 13.0. The zero-order valence-corrected chi connectivity index (χ0v) is 14.6. The van der Waals surface area contributed by atoms with Crippen LogP contribution in [0, 0.1) is 12.8 Å². The topological polar surface area (TPSA) is 110 Å². The normalized spacial score (nSPS) is 16.4. The first-order chi connectivity index (χ1) is 11.8. The molecule has 0 spiro atoms. The summed E-state index contributed by atoms with van der Waals surface area (Å²) in [5, 5.41) is 0. The fraction of sp³-hybridized carbons (Fsp3) is 0.375. The van der Waals surface area contributed by atoms with Crippen molar-refractivity contribution in [3.63, 3.8) is 0 Å². The van der Waals surface area contributed by atoms with Crippen molar-refractivity contribution >= 4 is 21.1 Å². The lowest BCUT2D eigenvalue weighted by Gasteiger charge is -2.19. The standard InChI is InChI=1S/C16H18N4O4S/c1-9-7-11-12(24-16(21)18-11)8-13(9)25(22,23)19-14(10-3-4-10)15-17-5-6-20(15)2/h5-8,10,14,19H,3-4H2,1-2H3,(H,18,21)/t14-/m1/s1. The molecule has 2 aromatic heterocycles. The lowest BCUT2D eigenvalue weighted by molar-refractivity contribution is 0.499. The van der Waals surface area contributed by atoms with Gasteiger partial charge in [-0.3, -0.25) is 4.98 Å². The Bertz CT molecular complexity index is 1100. The summed E-state index contributed by atoms with van der Waals surface area (Å²) < 4.78 is 35.6. The maximum absolute atomic E-state index is 13.0. The van der Waals surface area contributed by atoms with Crippen LogP contribution in [0.15, 0.2) is 38.6 Å². The van der Waals surface area contributed by atoms with Crippen LogP contribution in [0.5, 0.6) is 0 Å². The predicted octanol–water partition coefficient (Wildman–Crippen LogP) is 1.59. The Labute approximate surface area is 143 Å². The summed E-state index contributed by atoms with van der Waals surface area (Å²) in [5.41, 5.74) is 1.23. The summed E-state index contributed by atoms with van der Waals surface area (Å²) >= 11 is 0. The summed E-state index contributed by atoms with van der Waals surface area (Å²) in [7, 11) is -1.95. The molecule has 1 fully saturated rings. The number of H-pyrrole nitrogens is 1. The van der Waals surface area contributed by atoms with E-state index < -0.39 is 15.8 Å². The molecule has 2 heterocycles. The molecule has 1 aliphatic carbocycles. The number of fused-ring (bicyclic) bond motifs is 1. The van der Waals surface area contributed by atoms with Gasteiger partial charge in [0.2, 0.25) is 10.0 Å². The van der Waals surface area contributed by atoms with E-state index in [2.05, 4.69) is 14.7 Å². The van der Waals surface area contributed by atoms with Crippen molar-refractivity contribution in [2.75, 3.05) is 0 Å². The van der Waals surface area contributed by atoms with Gasteiger partial charge in [0.1, 0.15) is 5.82 Å². The second-order valence-electron chi connectivity index (χ2n) is 6.46. The number of imidazole rings is 1. The van der Waals surface area contributed by atoms with Crippen molar-refractivity contribution in [1.82, 2.24) is 19.3 Å². The number of aryl methyl sites for hydroxylation is 2. The molecule has 3 aromatic rings. The van der Waals surface area contributed by atoms with Crippen LogP contribution in [0.4, 0.5) is 0 Å². The molecule has 0 aliphatic heterocycles. The Balaban J connectivity index is 1.75. The molecule has 1 aromatic carbocycles. The van der Waals surface area contributed by atoms with E-state index in [0.717, 1.165) is 12.8 Å². The van der Waals surface area contributed by atoms with Crippen LogP contribution in [0.25, 0.3) is 11.1 Å². The Morgan fingerprint density at radius 1 is 1.40 bits per heavy atom. The Kier molecular flexibility index (Phi) is 3.58. The molecule has 4 rings (SSSR count). The smallest absolute Gasteiger partial charge is 0.408 e. The number of benzene rings is 1. The van der Waals surface area contributed by atoms with Crippen molar-refractivity contribution in [2.24, 2.45) is 13.0 Å². The average Bonchev–Trinajstić information content (AvgIpc) is 3.19. The monoisotopic (exact) mass is 362 g/mol. The van der Waals surface area contributed by atoms with Crippen LogP contribution in [-0.4, -0.2) is 23.0 Å². The van der Waals surface area contributed by atoms with Crippen LogP contribution in [0.2, 0.25) is 0 Å². The molecule has 0 unspecified atom stereocenters. The second kappa shape index (κ2) is 5.57. The van der Waals surface area contributed by atoms with Gasteiger partial charge in [-0.15, -0.1) is 0 Å². The Hall–Kier alpha value is -2.39. The van der Waals surface area contributed by atoms with Crippen molar-refractivity contribution < 1.29 is 12.8 Å². The van der Waals surface area contributed by atoms with E-state index in [-0.39, 0.29) is 22.4 Å². The fourth-order valence-electron chi connectivity index (χ4n) is 3.07. The number of aromatic nitrogens is 3. The Morgan fingerprint density at radius 2 is 2.16 bits per heavy atom. The minimum atomic E-state index is -3.80. The summed E-state index contributed by atoms with van der Waals surface area (Å²) in [6.45, 7) is 1.69. The molecule has 0 amide bonds. The molecule has 0 radical (unpaired) electrons. The number of aromatic amines is 1. The van der Waals surface area contributed by atoms with Crippen LogP contribution >= 0.6 is 0 Å². The summed E-state index contributed by atoms with van der Waals surface area (Å²) in [5.74, 6) is 0.323. The molecule has 132 valence electrons. The van der Waals surface area contributed by atoms with Gasteiger partial charge in [-0.2, -0.15) is 0 Å². The van der Waals surface area contributed by atoms with Crippen LogP contribution in [0.3, 0.4) is 0 Å². The van der Waals surface area contributed by atoms with Crippen LogP contribution in [-0.2, 0) is 17.1 Å². The number of oxazole rings is 1. The van der Waals surface area contributed by atoms with Gasteiger partial charge in [-0.05, 0) is 37.3 Å². The SMILES string of the molecule is Cc1cc2[nH]c(=O)oc2cc1S(=O)(=O)N[C@@H](c1nccn1C)C1CC1.